The molecule has 4 rings (SSSR count). The first-order valence-electron chi connectivity index (χ1n) is 10.1. The number of thiophene rings is 1. The molecule has 0 atom stereocenters. The molecule has 0 radical (unpaired) electrons. The van der Waals surface area contributed by atoms with Gasteiger partial charge in [0.2, 0.25) is 5.91 Å². The van der Waals surface area contributed by atoms with Gasteiger partial charge in [0, 0.05) is 17.0 Å². The summed E-state index contributed by atoms with van der Waals surface area (Å²) in [5.74, 6) is -0.984. The van der Waals surface area contributed by atoms with Crippen LogP contribution in [0.2, 0.25) is 0 Å². The lowest BCUT2D eigenvalue weighted by atomic mass is 10.1. The molecule has 1 N–H and O–H groups in total. The fourth-order valence-corrected chi connectivity index (χ4v) is 5.14. The van der Waals surface area contributed by atoms with Crippen LogP contribution in [0, 0.1) is 10.1 Å². The van der Waals surface area contributed by atoms with Crippen LogP contribution in [0.1, 0.15) is 40.1 Å². The maximum Gasteiger partial charge on any atom is 0.341 e. The van der Waals surface area contributed by atoms with Crippen LogP contribution < -0.4 is 10.9 Å². The van der Waals surface area contributed by atoms with Crippen LogP contribution in [0.25, 0.3) is 10.9 Å². The van der Waals surface area contributed by atoms with E-state index in [1.165, 1.54) is 43.0 Å². The van der Waals surface area contributed by atoms with E-state index in [1.54, 1.807) is 0 Å². The SMILES string of the molecule is COC(=O)c1c(NC(=O)Cn2cnc3cc([N+](=O)[O-])ccc3c2=O)sc2c1CCCCC2. The number of nitrogens with one attached hydrogen (secondary N) is 1. The Morgan fingerprint density at radius 1 is 1.28 bits per heavy atom. The number of esters is 1. The average molecular weight is 456 g/mol. The smallest absolute Gasteiger partial charge is 0.341 e. The second-order valence-electron chi connectivity index (χ2n) is 7.44. The maximum absolute atomic E-state index is 12.7. The van der Waals surface area contributed by atoms with Crippen molar-refractivity contribution >= 4 is 44.8 Å². The van der Waals surface area contributed by atoms with Gasteiger partial charge < -0.3 is 10.1 Å². The van der Waals surface area contributed by atoms with Crippen LogP contribution in [0.5, 0.6) is 0 Å². The molecule has 32 heavy (non-hydrogen) atoms. The number of hydrogen-bond acceptors (Lipinski definition) is 8. The van der Waals surface area contributed by atoms with Crippen molar-refractivity contribution in [2.45, 2.75) is 38.6 Å². The number of anilines is 1. The van der Waals surface area contributed by atoms with E-state index < -0.39 is 22.4 Å². The number of hydrogen-bond donors (Lipinski definition) is 1. The molecule has 3 aromatic rings. The van der Waals surface area contributed by atoms with Gasteiger partial charge in [0.25, 0.3) is 11.2 Å². The van der Waals surface area contributed by atoms with Crippen molar-refractivity contribution in [3.05, 3.63) is 61.0 Å². The van der Waals surface area contributed by atoms with Gasteiger partial charge in [-0.2, -0.15) is 0 Å². The highest BCUT2D eigenvalue weighted by molar-refractivity contribution is 7.17. The van der Waals surface area contributed by atoms with Crippen LogP contribution in [0.3, 0.4) is 0 Å². The molecule has 0 spiro atoms. The Balaban J connectivity index is 1.60. The average Bonchev–Trinajstić information content (AvgIpc) is 2.94. The van der Waals surface area contributed by atoms with E-state index in [0.29, 0.717) is 10.6 Å². The molecule has 1 aliphatic carbocycles. The highest BCUT2D eigenvalue weighted by atomic mass is 32.1. The van der Waals surface area contributed by atoms with Gasteiger partial charge >= 0.3 is 5.97 Å². The minimum atomic E-state index is -0.568. The molecule has 1 amide bonds. The first-order valence-corrected chi connectivity index (χ1v) is 10.9. The molecule has 0 aliphatic heterocycles. The number of nitro groups is 1. The Morgan fingerprint density at radius 3 is 2.81 bits per heavy atom. The molecule has 1 aliphatic rings. The Morgan fingerprint density at radius 2 is 2.06 bits per heavy atom. The molecule has 2 heterocycles. The second kappa shape index (κ2) is 8.87. The van der Waals surface area contributed by atoms with E-state index in [4.69, 9.17) is 4.74 Å². The number of carbonyl (C=O) groups is 2. The fourth-order valence-electron chi connectivity index (χ4n) is 3.84. The predicted molar refractivity (Wildman–Crippen MR) is 118 cm³/mol. The Hall–Kier alpha value is -3.60. The van der Waals surface area contributed by atoms with E-state index in [-0.39, 0.29) is 23.1 Å². The molecule has 0 fully saturated rings. The predicted octanol–water partition coefficient (Wildman–Crippen LogP) is 3.06. The van der Waals surface area contributed by atoms with Gasteiger partial charge in [0.05, 0.1) is 34.8 Å². The second-order valence-corrected chi connectivity index (χ2v) is 8.55. The van der Waals surface area contributed by atoms with Gasteiger partial charge in [0.15, 0.2) is 0 Å². The van der Waals surface area contributed by atoms with Crippen molar-refractivity contribution in [3.63, 3.8) is 0 Å². The van der Waals surface area contributed by atoms with Gasteiger partial charge in [-0.05, 0) is 37.3 Å². The van der Waals surface area contributed by atoms with Crippen LogP contribution in [0.4, 0.5) is 10.7 Å². The molecule has 1 aromatic carbocycles. The van der Waals surface area contributed by atoms with E-state index in [2.05, 4.69) is 10.3 Å². The molecule has 0 bridgehead atoms. The van der Waals surface area contributed by atoms with Gasteiger partial charge in [-0.3, -0.25) is 24.3 Å². The molecule has 0 unspecified atom stereocenters. The van der Waals surface area contributed by atoms with Crippen LogP contribution >= 0.6 is 11.3 Å². The highest BCUT2D eigenvalue weighted by Gasteiger charge is 2.26. The minimum absolute atomic E-state index is 0.170. The number of nitrogens with zero attached hydrogens (tertiary/aromatic N) is 3. The summed E-state index contributed by atoms with van der Waals surface area (Å²) in [6.07, 6.45) is 5.87. The zero-order valence-corrected chi connectivity index (χ0v) is 18.1. The number of rotatable bonds is 5. The lowest BCUT2D eigenvalue weighted by molar-refractivity contribution is -0.384. The number of amides is 1. The Labute approximate surface area is 186 Å². The van der Waals surface area contributed by atoms with Gasteiger partial charge in [-0.15, -0.1) is 11.3 Å². The minimum Gasteiger partial charge on any atom is -0.465 e. The zero-order valence-electron chi connectivity index (χ0n) is 17.3. The molecule has 10 nitrogen and oxygen atoms in total. The zero-order chi connectivity index (χ0) is 22.8. The lowest BCUT2D eigenvalue weighted by Gasteiger charge is -2.09. The largest absolute Gasteiger partial charge is 0.465 e. The van der Waals surface area contributed by atoms with E-state index >= 15 is 0 Å². The number of ether oxygens (including phenoxy) is 1. The topological polar surface area (TPSA) is 133 Å². The van der Waals surface area contributed by atoms with Crippen molar-refractivity contribution in [2.75, 3.05) is 12.4 Å². The third-order valence-corrected chi connectivity index (χ3v) is 6.60. The number of benzene rings is 1. The third kappa shape index (κ3) is 4.11. The van der Waals surface area contributed by atoms with E-state index in [1.807, 2.05) is 0 Å². The summed E-state index contributed by atoms with van der Waals surface area (Å²) in [7, 11) is 1.30. The van der Waals surface area contributed by atoms with Gasteiger partial charge in [0.1, 0.15) is 11.5 Å². The summed E-state index contributed by atoms with van der Waals surface area (Å²) in [6, 6.07) is 3.75. The fraction of sp³-hybridized carbons (Fsp3) is 0.333. The number of fused-ring (bicyclic) bond motifs is 2. The first-order chi connectivity index (χ1) is 15.4. The number of non-ortho nitro benzene ring substituents is 1. The third-order valence-electron chi connectivity index (χ3n) is 5.40. The summed E-state index contributed by atoms with van der Waals surface area (Å²) in [6.45, 7) is -0.318. The highest BCUT2D eigenvalue weighted by Crippen LogP contribution is 2.38. The summed E-state index contributed by atoms with van der Waals surface area (Å²) in [5.41, 5.74) is 0.832. The van der Waals surface area contributed by atoms with Crippen molar-refractivity contribution < 1.29 is 19.2 Å². The summed E-state index contributed by atoms with van der Waals surface area (Å²) in [4.78, 5) is 53.4. The quantitative estimate of drug-likeness (QED) is 0.270. The summed E-state index contributed by atoms with van der Waals surface area (Å²) in [5, 5.41) is 14.3. The lowest BCUT2D eigenvalue weighted by Crippen LogP contribution is -2.28. The first kappa shape index (κ1) is 21.6. The van der Waals surface area contributed by atoms with E-state index in [9.17, 15) is 24.5 Å². The monoisotopic (exact) mass is 456 g/mol. The standard InChI is InChI=1S/C21H20N4O6S/c1-31-21(28)18-14-5-3-2-4-6-16(14)32-19(18)23-17(26)10-24-11-22-15-9-12(25(29)30)7-8-13(15)20(24)27/h7-9,11H,2-6,10H2,1H3,(H,23,26). The Kier molecular flexibility index (Phi) is 5.99. The van der Waals surface area contributed by atoms with Gasteiger partial charge in [-0.1, -0.05) is 6.42 Å². The molecule has 0 saturated carbocycles. The summed E-state index contributed by atoms with van der Waals surface area (Å²) < 4.78 is 6.06. The molecular formula is C21H20N4O6S. The normalized spacial score (nSPS) is 13.3. The number of aromatic nitrogens is 2. The van der Waals surface area contributed by atoms with Crippen LogP contribution in [-0.4, -0.2) is 33.5 Å². The van der Waals surface area contributed by atoms with Crippen molar-refractivity contribution in [3.8, 4) is 0 Å². The molecule has 11 heteroatoms. The van der Waals surface area contributed by atoms with Gasteiger partial charge in [-0.25, -0.2) is 9.78 Å². The van der Waals surface area contributed by atoms with Crippen molar-refractivity contribution in [2.24, 2.45) is 0 Å². The number of carbonyl (C=O) groups excluding carboxylic acids is 2. The molecular weight excluding hydrogens is 436 g/mol. The molecule has 0 saturated heterocycles. The van der Waals surface area contributed by atoms with E-state index in [0.717, 1.165) is 47.1 Å². The Bertz CT molecular complexity index is 1300. The molecule has 2 aromatic heterocycles. The number of methoxy groups -OCH3 is 1. The maximum atomic E-state index is 12.7. The number of aryl methyl sites for hydroxylation is 1. The summed E-state index contributed by atoms with van der Waals surface area (Å²) >= 11 is 1.37. The van der Waals surface area contributed by atoms with Crippen LogP contribution in [0.15, 0.2) is 29.3 Å². The van der Waals surface area contributed by atoms with Crippen molar-refractivity contribution in [1.82, 2.24) is 9.55 Å². The number of nitro benzene ring substituents is 1. The van der Waals surface area contributed by atoms with Crippen LogP contribution in [-0.2, 0) is 28.9 Å². The van der Waals surface area contributed by atoms with Crippen molar-refractivity contribution in [1.29, 1.82) is 0 Å². The molecule has 166 valence electrons.